The van der Waals surface area contributed by atoms with Crippen LogP contribution in [0.5, 0.6) is 0 Å². The summed E-state index contributed by atoms with van der Waals surface area (Å²) in [6.45, 7) is 3.33. The Morgan fingerprint density at radius 1 is 1.25 bits per heavy atom. The fourth-order valence-electron chi connectivity index (χ4n) is 1.29. The number of hydrogen-bond donors (Lipinski definition) is 2. The average molecular weight is 164 g/mol. The summed E-state index contributed by atoms with van der Waals surface area (Å²) < 4.78 is 0. The molecule has 0 fully saturated rings. The number of rotatable bonds is 3. The van der Waals surface area contributed by atoms with Crippen LogP contribution in [0.25, 0.3) is 0 Å². The summed E-state index contributed by atoms with van der Waals surface area (Å²) in [5, 5.41) is 0. The van der Waals surface area contributed by atoms with E-state index in [9.17, 15) is 0 Å². The molecule has 0 atom stereocenters. The summed E-state index contributed by atoms with van der Waals surface area (Å²) in [6.07, 6.45) is 0. The van der Waals surface area contributed by atoms with Gasteiger partial charge in [-0.1, -0.05) is 29.8 Å². The summed E-state index contributed by atoms with van der Waals surface area (Å²) in [7, 11) is 0. The van der Waals surface area contributed by atoms with Crippen molar-refractivity contribution in [2.45, 2.75) is 12.8 Å². The van der Waals surface area contributed by atoms with E-state index in [-0.39, 0.29) is 0 Å². The molecule has 2 nitrogen and oxygen atoms in total. The highest BCUT2D eigenvalue weighted by atomic mass is 14.6. The highest BCUT2D eigenvalue weighted by molar-refractivity contribution is 5.25. The molecule has 2 heteroatoms. The standard InChI is InChI=1S/C10H16N2/c1-8-3-2-4-9(5-8)10(6-11)7-12/h2-5,10H,6-7,11-12H2,1H3. The Balaban J connectivity index is 2.85. The third-order valence-electron chi connectivity index (χ3n) is 2.08. The van der Waals surface area contributed by atoms with Crippen molar-refractivity contribution in [3.05, 3.63) is 35.4 Å². The first-order valence-electron chi connectivity index (χ1n) is 4.24. The third kappa shape index (κ3) is 2.06. The van der Waals surface area contributed by atoms with Crippen molar-refractivity contribution in [3.63, 3.8) is 0 Å². The van der Waals surface area contributed by atoms with E-state index in [1.165, 1.54) is 11.1 Å². The van der Waals surface area contributed by atoms with Crippen molar-refractivity contribution in [3.8, 4) is 0 Å². The molecule has 1 aromatic rings. The Labute approximate surface area is 73.6 Å². The van der Waals surface area contributed by atoms with E-state index < -0.39 is 0 Å². The van der Waals surface area contributed by atoms with Gasteiger partial charge in [0.2, 0.25) is 0 Å². The van der Waals surface area contributed by atoms with Gasteiger partial charge in [-0.2, -0.15) is 0 Å². The fraction of sp³-hybridized carbons (Fsp3) is 0.400. The summed E-state index contributed by atoms with van der Waals surface area (Å²) in [5.41, 5.74) is 13.7. The number of hydrogen-bond acceptors (Lipinski definition) is 2. The minimum Gasteiger partial charge on any atom is -0.330 e. The molecular formula is C10H16N2. The van der Waals surface area contributed by atoms with Gasteiger partial charge in [-0.15, -0.1) is 0 Å². The van der Waals surface area contributed by atoms with Crippen LogP contribution in [0.3, 0.4) is 0 Å². The van der Waals surface area contributed by atoms with E-state index in [4.69, 9.17) is 11.5 Å². The van der Waals surface area contributed by atoms with Crippen molar-refractivity contribution < 1.29 is 0 Å². The Bertz CT molecular complexity index is 241. The van der Waals surface area contributed by atoms with Gasteiger partial charge < -0.3 is 11.5 Å². The number of benzene rings is 1. The van der Waals surface area contributed by atoms with Gasteiger partial charge in [0, 0.05) is 19.0 Å². The van der Waals surface area contributed by atoms with Gasteiger partial charge in [-0.25, -0.2) is 0 Å². The lowest BCUT2D eigenvalue weighted by atomic mass is 9.98. The number of nitrogens with two attached hydrogens (primary N) is 2. The van der Waals surface area contributed by atoms with Crippen LogP contribution in [0.1, 0.15) is 17.0 Å². The Hall–Kier alpha value is -0.860. The first-order valence-corrected chi connectivity index (χ1v) is 4.24. The fourth-order valence-corrected chi connectivity index (χ4v) is 1.29. The van der Waals surface area contributed by atoms with E-state index in [0.29, 0.717) is 19.0 Å². The summed E-state index contributed by atoms with van der Waals surface area (Å²) in [5.74, 6) is 0.310. The Morgan fingerprint density at radius 3 is 2.42 bits per heavy atom. The molecule has 0 radical (unpaired) electrons. The Kier molecular flexibility index (Phi) is 3.26. The summed E-state index contributed by atoms with van der Waals surface area (Å²) in [6, 6.07) is 8.35. The maximum absolute atomic E-state index is 5.59. The molecule has 1 rings (SSSR count). The van der Waals surface area contributed by atoms with Crippen molar-refractivity contribution in [1.29, 1.82) is 0 Å². The van der Waals surface area contributed by atoms with Crippen LogP contribution in [0.15, 0.2) is 24.3 Å². The predicted molar refractivity (Wildman–Crippen MR) is 52.0 cm³/mol. The summed E-state index contributed by atoms with van der Waals surface area (Å²) in [4.78, 5) is 0. The average Bonchev–Trinajstić information content (AvgIpc) is 2.07. The summed E-state index contributed by atoms with van der Waals surface area (Å²) >= 11 is 0. The van der Waals surface area contributed by atoms with Gasteiger partial charge in [0.25, 0.3) is 0 Å². The largest absolute Gasteiger partial charge is 0.330 e. The predicted octanol–water partition coefficient (Wildman–Crippen LogP) is 0.996. The van der Waals surface area contributed by atoms with Crippen molar-refractivity contribution in [1.82, 2.24) is 0 Å². The molecule has 0 amide bonds. The minimum atomic E-state index is 0.310. The van der Waals surface area contributed by atoms with Crippen molar-refractivity contribution in [2.24, 2.45) is 11.5 Å². The zero-order valence-corrected chi connectivity index (χ0v) is 7.46. The van der Waals surface area contributed by atoms with Crippen LogP contribution in [0, 0.1) is 6.92 Å². The molecule has 0 aliphatic rings. The topological polar surface area (TPSA) is 52.0 Å². The molecular weight excluding hydrogens is 148 g/mol. The molecule has 0 spiro atoms. The molecule has 4 N–H and O–H groups in total. The van der Waals surface area contributed by atoms with Gasteiger partial charge in [-0.3, -0.25) is 0 Å². The second-order valence-electron chi connectivity index (χ2n) is 3.08. The normalized spacial score (nSPS) is 10.7. The van der Waals surface area contributed by atoms with Crippen molar-refractivity contribution in [2.75, 3.05) is 13.1 Å². The second kappa shape index (κ2) is 4.24. The lowest BCUT2D eigenvalue weighted by Gasteiger charge is -2.12. The molecule has 0 unspecified atom stereocenters. The van der Waals surface area contributed by atoms with Gasteiger partial charge in [0.05, 0.1) is 0 Å². The smallest absolute Gasteiger partial charge is 0.00842 e. The SMILES string of the molecule is Cc1cccc(C(CN)CN)c1. The van der Waals surface area contributed by atoms with Crippen LogP contribution >= 0.6 is 0 Å². The highest BCUT2D eigenvalue weighted by Gasteiger charge is 2.06. The van der Waals surface area contributed by atoms with E-state index in [1.54, 1.807) is 0 Å². The molecule has 0 saturated carbocycles. The molecule has 0 heterocycles. The highest BCUT2D eigenvalue weighted by Crippen LogP contribution is 2.14. The lowest BCUT2D eigenvalue weighted by Crippen LogP contribution is -2.21. The molecule has 1 aromatic carbocycles. The van der Waals surface area contributed by atoms with E-state index >= 15 is 0 Å². The zero-order valence-electron chi connectivity index (χ0n) is 7.46. The second-order valence-corrected chi connectivity index (χ2v) is 3.08. The maximum Gasteiger partial charge on any atom is 0.00842 e. The van der Waals surface area contributed by atoms with Crippen LogP contribution in [0.2, 0.25) is 0 Å². The molecule has 0 aromatic heterocycles. The molecule has 0 aliphatic heterocycles. The van der Waals surface area contributed by atoms with E-state index in [2.05, 4.69) is 25.1 Å². The third-order valence-corrected chi connectivity index (χ3v) is 2.08. The van der Waals surface area contributed by atoms with Gasteiger partial charge in [-0.05, 0) is 12.5 Å². The van der Waals surface area contributed by atoms with E-state index in [1.807, 2.05) is 6.07 Å². The Morgan fingerprint density at radius 2 is 1.92 bits per heavy atom. The number of aryl methyl sites for hydroxylation is 1. The van der Waals surface area contributed by atoms with Crippen molar-refractivity contribution >= 4 is 0 Å². The van der Waals surface area contributed by atoms with Gasteiger partial charge in [0.1, 0.15) is 0 Å². The van der Waals surface area contributed by atoms with Crippen LogP contribution in [-0.2, 0) is 0 Å². The monoisotopic (exact) mass is 164 g/mol. The molecule has 0 aliphatic carbocycles. The van der Waals surface area contributed by atoms with Crippen LogP contribution in [-0.4, -0.2) is 13.1 Å². The molecule has 0 bridgehead atoms. The zero-order chi connectivity index (χ0) is 8.97. The molecule has 66 valence electrons. The maximum atomic E-state index is 5.59. The first kappa shape index (κ1) is 9.23. The van der Waals surface area contributed by atoms with Gasteiger partial charge in [0.15, 0.2) is 0 Å². The first-order chi connectivity index (χ1) is 5.77. The van der Waals surface area contributed by atoms with E-state index in [0.717, 1.165) is 0 Å². The van der Waals surface area contributed by atoms with Crippen LogP contribution in [0.4, 0.5) is 0 Å². The minimum absolute atomic E-state index is 0.310. The quantitative estimate of drug-likeness (QED) is 0.700. The lowest BCUT2D eigenvalue weighted by molar-refractivity contribution is 0.708. The van der Waals surface area contributed by atoms with Gasteiger partial charge >= 0.3 is 0 Å². The van der Waals surface area contributed by atoms with Crippen LogP contribution < -0.4 is 11.5 Å². The molecule has 12 heavy (non-hydrogen) atoms. The molecule has 0 saturated heterocycles.